The van der Waals surface area contributed by atoms with E-state index in [0.29, 0.717) is 10.9 Å². The molecule has 0 saturated heterocycles. The third-order valence-electron chi connectivity index (χ3n) is 4.92. The van der Waals surface area contributed by atoms with Gasteiger partial charge >= 0.3 is 0 Å². The molecule has 148 valence electrons. The van der Waals surface area contributed by atoms with Crippen molar-refractivity contribution in [1.82, 2.24) is 14.5 Å². The molecule has 0 amide bonds. The molecule has 6 nitrogen and oxygen atoms in total. The van der Waals surface area contributed by atoms with Gasteiger partial charge in [-0.1, -0.05) is 30.0 Å². The van der Waals surface area contributed by atoms with Crippen LogP contribution in [0.4, 0.5) is 0 Å². The van der Waals surface area contributed by atoms with Crippen molar-refractivity contribution in [2.24, 2.45) is 0 Å². The van der Waals surface area contributed by atoms with Gasteiger partial charge < -0.3 is 14.4 Å². The smallest absolute Gasteiger partial charge is 0.267 e. The molecule has 1 aliphatic heterocycles. The predicted octanol–water partition coefficient (Wildman–Crippen LogP) is 3.15. The maximum absolute atomic E-state index is 13.6. The lowest BCUT2D eigenvalue weighted by Gasteiger charge is -2.21. The van der Waals surface area contributed by atoms with Gasteiger partial charge in [-0.05, 0) is 31.2 Å². The second-order valence-electron chi connectivity index (χ2n) is 6.75. The second-order valence-corrected chi connectivity index (χ2v) is 8.82. The molecular weight excluding hydrogens is 394 g/mol. The summed E-state index contributed by atoms with van der Waals surface area (Å²) in [7, 11) is 5.33. The highest BCUT2D eigenvalue weighted by Gasteiger charge is 2.24. The first kappa shape index (κ1) is 19.6. The average Bonchev–Trinajstić information content (AvgIpc) is 3.07. The highest BCUT2D eigenvalue weighted by Crippen LogP contribution is 2.34. The van der Waals surface area contributed by atoms with E-state index in [4.69, 9.17) is 14.5 Å². The number of thioether (sulfide) groups is 1. The lowest BCUT2D eigenvalue weighted by molar-refractivity contribution is -0.0842. The van der Waals surface area contributed by atoms with Crippen molar-refractivity contribution < 1.29 is 9.47 Å². The number of fused-ring (bicyclic) bond motifs is 3. The molecule has 0 atom stereocenters. The third-order valence-corrected chi connectivity index (χ3v) is 7.00. The summed E-state index contributed by atoms with van der Waals surface area (Å²) in [4.78, 5) is 22.8. The standard InChI is InChI=1S/C20H23N3O3S2/c1-22-10-9-14-15(11-22)28-18-17(14)19(24)23(13-7-5-4-6-8-13)20(21-18)27-12-16(25-2)26-3/h4-8,16H,9-12H2,1-3H3. The average molecular weight is 418 g/mol. The van der Waals surface area contributed by atoms with Crippen molar-refractivity contribution in [3.63, 3.8) is 0 Å². The van der Waals surface area contributed by atoms with Gasteiger partial charge in [0, 0.05) is 32.2 Å². The summed E-state index contributed by atoms with van der Waals surface area (Å²) in [5.74, 6) is 0.547. The van der Waals surface area contributed by atoms with Gasteiger partial charge in [0.05, 0.1) is 16.8 Å². The quantitative estimate of drug-likeness (QED) is 0.349. The first-order valence-corrected chi connectivity index (χ1v) is 10.9. The molecule has 0 fully saturated rings. The van der Waals surface area contributed by atoms with Crippen molar-refractivity contribution in [2.45, 2.75) is 24.4 Å². The van der Waals surface area contributed by atoms with E-state index in [9.17, 15) is 4.79 Å². The van der Waals surface area contributed by atoms with Crippen molar-refractivity contribution in [3.8, 4) is 5.69 Å². The SMILES string of the molecule is COC(CSc1nc2sc3c(c2c(=O)n1-c1ccccc1)CCN(C)C3)OC. The van der Waals surface area contributed by atoms with Gasteiger partial charge in [0.25, 0.3) is 5.56 Å². The zero-order valence-corrected chi connectivity index (χ0v) is 17.8. The maximum atomic E-state index is 13.6. The number of ether oxygens (including phenoxy) is 2. The molecule has 3 heterocycles. The number of methoxy groups -OCH3 is 2. The number of benzene rings is 1. The fourth-order valence-corrected chi connectivity index (χ4v) is 5.81. The maximum Gasteiger partial charge on any atom is 0.267 e. The zero-order chi connectivity index (χ0) is 19.7. The van der Waals surface area contributed by atoms with Gasteiger partial charge in [-0.25, -0.2) is 4.98 Å². The van der Waals surface area contributed by atoms with Gasteiger partial charge in [-0.2, -0.15) is 0 Å². The van der Waals surface area contributed by atoms with Gasteiger partial charge in [0.2, 0.25) is 0 Å². The highest BCUT2D eigenvalue weighted by molar-refractivity contribution is 7.99. The largest absolute Gasteiger partial charge is 0.355 e. The first-order valence-electron chi connectivity index (χ1n) is 9.12. The summed E-state index contributed by atoms with van der Waals surface area (Å²) in [6.07, 6.45) is 0.534. The third kappa shape index (κ3) is 3.62. The van der Waals surface area contributed by atoms with Crippen molar-refractivity contribution >= 4 is 33.3 Å². The fourth-order valence-electron chi connectivity index (χ4n) is 3.43. The Morgan fingerprint density at radius 1 is 1.25 bits per heavy atom. The molecule has 3 aromatic rings. The molecule has 0 unspecified atom stereocenters. The van der Waals surface area contributed by atoms with E-state index in [-0.39, 0.29) is 11.8 Å². The second kappa shape index (κ2) is 8.34. The monoisotopic (exact) mass is 417 g/mol. The molecule has 0 radical (unpaired) electrons. The minimum Gasteiger partial charge on any atom is -0.355 e. The van der Waals surface area contributed by atoms with Crippen LogP contribution in [0.25, 0.3) is 15.9 Å². The number of rotatable bonds is 6. The lowest BCUT2D eigenvalue weighted by Crippen LogP contribution is -2.27. The molecule has 0 saturated carbocycles. The van der Waals surface area contributed by atoms with Crippen LogP contribution in [-0.2, 0) is 22.4 Å². The Labute approximate surface area is 172 Å². The number of hydrogen-bond donors (Lipinski definition) is 0. The van der Waals surface area contributed by atoms with Gasteiger partial charge in [-0.15, -0.1) is 11.3 Å². The Hall–Kier alpha value is -1.71. The molecule has 0 bridgehead atoms. The summed E-state index contributed by atoms with van der Waals surface area (Å²) < 4.78 is 12.3. The molecule has 4 rings (SSSR count). The van der Waals surface area contributed by atoms with E-state index >= 15 is 0 Å². The van der Waals surface area contributed by atoms with E-state index in [0.717, 1.165) is 35.4 Å². The highest BCUT2D eigenvalue weighted by atomic mass is 32.2. The molecule has 1 aromatic carbocycles. The van der Waals surface area contributed by atoms with Gasteiger partial charge in [0.15, 0.2) is 11.4 Å². The number of hydrogen-bond acceptors (Lipinski definition) is 7. The van der Waals surface area contributed by atoms with Gasteiger partial charge in [0.1, 0.15) is 4.83 Å². The summed E-state index contributed by atoms with van der Waals surface area (Å²) in [6.45, 7) is 1.84. The van der Waals surface area contributed by atoms with Crippen LogP contribution in [0.2, 0.25) is 0 Å². The summed E-state index contributed by atoms with van der Waals surface area (Å²) in [5, 5.41) is 1.44. The Morgan fingerprint density at radius 2 is 2.00 bits per heavy atom. The molecule has 1 aliphatic rings. The summed E-state index contributed by atoms with van der Waals surface area (Å²) in [6, 6.07) is 9.70. The molecule has 0 N–H and O–H groups in total. The molecule has 0 aliphatic carbocycles. The van der Waals surface area contributed by atoms with Crippen LogP contribution in [0.1, 0.15) is 10.4 Å². The molecule has 8 heteroatoms. The summed E-state index contributed by atoms with van der Waals surface area (Å²) in [5.41, 5.74) is 2.00. The van der Waals surface area contributed by atoms with Gasteiger partial charge in [-0.3, -0.25) is 9.36 Å². The van der Waals surface area contributed by atoms with Crippen LogP contribution in [0.5, 0.6) is 0 Å². The van der Waals surface area contributed by atoms with Crippen LogP contribution >= 0.6 is 23.1 Å². The Bertz CT molecular complexity index is 1030. The van der Waals surface area contributed by atoms with E-state index in [1.54, 1.807) is 30.1 Å². The molecular formula is C20H23N3O3S2. The van der Waals surface area contributed by atoms with Crippen LogP contribution in [0.3, 0.4) is 0 Å². The van der Waals surface area contributed by atoms with Crippen LogP contribution in [0, 0.1) is 0 Å². The number of para-hydroxylation sites is 1. The van der Waals surface area contributed by atoms with E-state index in [2.05, 4.69) is 11.9 Å². The Balaban J connectivity index is 1.88. The normalized spacial score (nSPS) is 14.7. The minimum atomic E-state index is -0.355. The molecule has 0 spiro atoms. The topological polar surface area (TPSA) is 56.6 Å². The van der Waals surface area contributed by atoms with Crippen molar-refractivity contribution in [1.29, 1.82) is 0 Å². The minimum absolute atomic E-state index is 0.00661. The van der Waals surface area contributed by atoms with Crippen LogP contribution in [0.15, 0.2) is 40.3 Å². The lowest BCUT2D eigenvalue weighted by atomic mass is 10.1. The number of thiophene rings is 1. The number of aromatic nitrogens is 2. The number of nitrogens with zero attached hydrogens (tertiary/aromatic N) is 3. The van der Waals surface area contributed by atoms with Crippen molar-refractivity contribution in [3.05, 3.63) is 51.1 Å². The van der Waals surface area contributed by atoms with E-state index in [1.165, 1.54) is 22.2 Å². The Kier molecular flexibility index (Phi) is 5.84. The van der Waals surface area contributed by atoms with Crippen LogP contribution < -0.4 is 5.56 Å². The number of likely N-dealkylation sites (N-methyl/N-ethyl adjacent to an activating group) is 1. The van der Waals surface area contributed by atoms with Crippen molar-refractivity contribution in [2.75, 3.05) is 33.6 Å². The molecule has 28 heavy (non-hydrogen) atoms. The van der Waals surface area contributed by atoms with Crippen LogP contribution in [-0.4, -0.2) is 54.3 Å². The first-order chi connectivity index (χ1) is 13.6. The predicted molar refractivity (Wildman–Crippen MR) is 114 cm³/mol. The Morgan fingerprint density at radius 3 is 2.71 bits per heavy atom. The fraction of sp³-hybridized carbons (Fsp3) is 0.400. The summed E-state index contributed by atoms with van der Waals surface area (Å²) >= 11 is 3.11. The molecule has 2 aromatic heterocycles. The zero-order valence-electron chi connectivity index (χ0n) is 16.2. The van der Waals surface area contributed by atoms with E-state index < -0.39 is 0 Å². The van der Waals surface area contributed by atoms with E-state index in [1.807, 2.05) is 30.3 Å².